The van der Waals surface area contributed by atoms with E-state index in [0.717, 1.165) is 36.1 Å². The smallest absolute Gasteiger partial charge is 0.246 e. The number of carbonyl (C=O) groups excluding carboxylic acids is 1. The van der Waals surface area contributed by atoms with Crippen LogP contribution >= 0.6 is 0 Å². The van der Waals surface area contributed by atoms with Crippen molar-refractivity contribution in [3.8, 4) is 0 Å². The Bertz CT molecular complexity index is 675. The monoisotopic (exact) mass is 281 g/mol. The minimum absolute atomic E-state index is 0.0666. The molecule has 0 spiro atoms. The molecule has 1 aliphatic heterocycles. The van der Waals surface area contributed by atoms with Crippen molar-refractivity contribution in [3.05, 3.63) is 48.2 Å². The summed E-state index contributed by atoms with van der Waals surface area (Å²) in [7, 11) is 0. The van der Waals surface area contributed by atoms with Gasteiger partial charge < -0.3 is 10.2 Å². The second-order valence-electron chi connectivity index (χ2n) is 5.34. The van der Waals surface area contributed by atoms with Crippen LogP contribution in [0.1, 0.15) is 12.5 Å². The highest BCUT2D eigenvalue weighted by molar-refractivity contribution is 5.95. The number of nitrogens with zero attached hydrogens (tertiary/aromatic N) is 2. The summed E-state index contributed by atoms with van der Waals surface area (Å²) in [4.78, 5) is 18.6. The first kappa shape index (κ1) is 13.8. The van der Waals surface area contributed by atoms with E-state index in [1.54, 1.807) is 12.3 Å². The number of pyridine rings is 1. The van der Waals surface area contributed by atoms with E-state index < -0.39 is 0 Å². The number of hydrogen-bond acceptors (Lipinski definition) is 3. The predicted octanol–water partition coefficient (Wildman–Crippen LogP) is 2.07. The molecule has 1 aromatic carbocycles. The lowest BCUT2D eigenvalue weighted by molar-refractivity contribution is -0.128. The molecule has 0 bridgehead atoms. The van der Waals surface area contributed by atoms with Crippen LogP contribution in [0.2, 0.25) is 0 Å². The zero-order chi connectivity index (χ0) is 14.7. The number of hydrogen-bond donors (Lipinski definition) is 1. The van der Waals surface area contributed by atoms with E-state index in [0.29, 0.717) is 0 Å². The van der Waals surface area contributed by atoms with Crippen molar-refractivity contribution in [3.63, 3.8) is 0 Å². The number of carbonyl (C=O) groups is 1. The van der Waals surface area contributed by atoms with E-state index in [2.05, 4.69) is 17.2 Å². The number of fused-ring (bicyclic) bond motifs is 1. The second kappa shape index (κ2) is 6.06. The van der Waals surface area contributed by atoms with Gasteiger partial charge in [0.2, 0.25) is 5.91 Å². The van der Waals surface area contributed by atoms with Crippen molar-refractivity contribution in [2.45, 2.75) is 13.0 Å². The van der Waals surface area contributed by atoms with Crippen LogP contribution in [-0.4, -0.2) is 41.5 Å². The van der Waals surface area contributed by atoms with Crippen LogP contribution in [0.25, 0.3) is 17.0 Å². The van der Waals surface area contributed by atoms with Gasteiger partial charge >= 0.3 is 0 Å². The highest BCUT2D eigenvalue weighted by Gasteiger charge is 2.20. The molecule has 21 heavy (non-hydrogen) atoms. The molecule has 0 radical (unpaired) electrons. The Hall–Kier alpha value is -2.20. The fourth-order valence-electron chi connectivity index (χ4n) is 2.69. The summed E-state index contributed by atoms with van der Waals surface area (Å²) in [5.41, 5.74) is 1.90. The maximum absolute atomic E-state index is 12.3. The van der Waals surface area contributed by atoms with Crippen LogP contribution in [-0.2, 0) is 4.79 Å². The van der Waals surface area contributed by atoms with Gasteiger partial charge in [-0.05, 0) is 19.1 Å². The summed E-state index contributed by atoms with van der Waals surface area (Å²) in [6, 6.07) is 10.2. The molecule has 1 atom stereocenters. The fourth-order valence-corrected chi connectivity index (χ4v) is 2.69. The summed E-state index contributed by atoms with van der Waals surface area (Å²) in [5.74, 6) is 0.0666. The molecule has 0 aliphatic carbocycles. The Balaban J connectivity index is 1.83. The average molecular weight is 281 g/mol. The molecule has 108 valence electrons. The van der Waals surface area contributed by atoms with Gasteiger partial charge in [0.05, 0.1) is 5.52 Å². The highest BCUT2D eigenvalue weighted by Crippen LogP contribution is 2.17. The number of piperazine rings is 1. The van der Waals surface area contributed by atoms with Gasteiger partial charge in [0.15, 0.2) is 0 Å². The van der Waals surface area contributed by atoms with Gasteiger partial charge in [0.25, 0.3) is 0 Å². The van der Waals surface area contributed by atoms with Crippen LogP contribution in [0.4, 0.5) is 0 Å². The molecule has 1 saturated heterocycles. The quantitative estimate of drug-likeness (QED) is 0.857. The van der Waals surface area contributed by atoms with Gasteiger partial charge in [-0.1, -0.05) is 24.3 Å². The predicted molar refractivity (Wildman–Crippen MR) is 84.8 cm³/mol. The number of nitrogens with one attached hydrogen (secondary N) is 1. The van der Waals surface area contributed by atoms with Crippen molar-refractivity contribution < 1.29 is 4.79 Å². The third-order valence-electron chi connectivity index (χ3n) is 3.85. The van der Waals surface area contributed by atoms with Crippen molar-refractivity contribution in [2.24, 2.45) is 0 Å². The summed E-state index contributed by atoms with van der Waals surface area (Å²) in [6.07, 6.45) is 5.30. The van der Waals surface area contributed by atoms with Crippen LogP contribution in [0.3, 0.4) is 0 Å². The lowest BCUT2D eigenvalue weighted by Crippen LogP contribution is -2.51. The van der Waals surface area contributed by atoms with E-state index >= 15 is 0 Å². The Morgan fingerprint density at radius 2 is 2.24 bits per heavy atom. The number of aromatic nitrogens is 1. The first-order chi connectivity index (χ1) is 10.3. The molecule has 2 aromatic rings. The average Bonchev–Trinajstić information content (AvgIpc) is 2.53. The molecule has 4 heteroatoms. The molecular formula is C17H19N3O. The summed E-state index contributed by atoms with van der Waals surface area (Å²) >= 11 is 0. The van der Waals surface area contributed by atoms with Crippen molar-refractivity contribution in [1.82, 2.24) is 15.2 Å². The highest BCUT2D eigenvalue weighted by atomic mass is 16.2. The van der Waals surface area contributed by atoms with Crippen molar-refractivity contribution in [2.75, 3.05) is 19.6 Å². The van der Waals surface area contributed by atoms with E-state index in [4.69, 9.17) is 0 Å². The summed E-state index contributed by atoms with van der Waals surface area (Å²) in [5, 5.41) is 4.38. The van der Waals surface area contributed by atoms with Crippen LogP contribution in [0.15, 0.2) is 42.6 Å². The first-order valence-electron chi connectivity index (χ1n) is 7.29. The molecular weight excluding hydrogens is 262 g/mol. The maximum Gasteiger partial charge on any atom is 0.246 e. The van der Waals surface area contributed by atoms with Gasteiger partial charge in [0, 0.05) is 48.9 Å². The fraction of sp³-hybridized carbons (Fsp3) is 0.294. The SMILES string of the molecule is CC1CNCCN1C(=O)C=Cc1cccc2cccnc12. The zero-order valence-electron chi connectivity index (χ0n) is 12.1. The molecule has 1 aliphatic rings. The Morgan fingerprint density at radius 3 is 3.10 bits per heavy atom. The number of para-hydroxylation sites is 1. The maximum atomic E-state index is 12.3. The zero-order valence-corrected chi connectivity index (χ0v) is 12.1. The number of benzene rings is 1. The summed E-state index contributed by atoms with van der Waals surface area (Å²) in [6.45, 7) is 4.55. The molecule has 1 N–H and O–H groups in total. The molecule has 1 fully saturated rings. The number of amides is 1. The molecule has 3 rings (SSSR count). The first-order valence-corrected chi connectivity index (χ1v) is 7.29. The van der Waals surface area contributed by atoms with Crippen LogP contribution in [0.5, 0.6) is 0 Å². The lowest BCUT2D eigenvalue weighted by atomic mass is 10.1. The minimum Gasteiger partial charge on any atom is -0.334 e. The van der Waals surface area contributed by atoms with Gasteiger partial charge in [-0.3, -0.25) is 9.78 Å². The van der Waals surface area contributed by atoms with Crippen molar-refractivity contribution in [1.29, 1.82) is 0 Å². The van der Waals surface area contributed by atoms with Gasteiger partial charge in [0.1, 0.15) is 0 Å². The Kier molecular flexibility index (Phi) is 3.97. The van der Waals surface area contributed by atoms with Crippen LogP contribution < -0.4 is 5.32 Å². The van der Waals surface area contributed by atoms with E-state index in [1.165, 1.54) is 0 Å². The number of rotatable bonds is 2. The topological polar surface area (TPSA) is 45.2 Å². The standard InChI is InChI=1S/C17H19N3O/c1-13-12-18-10-11-20(13)16(21)8-7-15-5-2-4-14-6-3-9-19-17(14)15/h2-9,13,18H,10-12H2,1H3. The molecule has 1 aromatic heterocycles. The van der Waals surface area contributed by atoms with E-state index in [-0.39, 0.29) is 11.9 Å². The van der Waals surface area contributed by atoms with E-state index in [9.17, 15) is 4.79 Å². The van der Waals surface area contributed by atoms with E-state index in [1.807, 2.05) is 41.3 Å². The Labute approximate surface area is 124 Å². The summed E-state index contributed by atoms with van der Waals surface area (Å²) < 4.78 is 0. The van der Waals surface area contributed by atoms with Gasteiger partial charge in [-0.2, -0.15) is 0 Å². The molecule has 1 amide bonds. The van der Waals surface area contributed by atoms with Crippen molar-refractivity contribution >= 4 is 22.9 Å². The van der Waals surface area contributed by atoms with Crippen LogP contribution in [0, 0.1) is 0 Å². The largest absolute Gasteiger partial charge is 0.334 e. The third-order valence-corrected chi connectivity index (χ3v) is 3.85. The Morgan fingerprint density at radius 1 is 1.38 bits per heavy atom. The minimum atomic E-state index is 0.0666. The molecule has 1 unspecified atom stereocenters. The molecule has 2 heterocycles. The molecule has 0 saturated carbocycles. The molecule has 4 nitrogen and oxygen atoms in total. The normalized spacial score (nSPS) is 19.3. The van der Waals surface area contributed by atoms with Gasteiger partial charge in [-0.15, -0.1) is 0 Å². The second-order valence-corrected chi connectivity index (χ2v) is 5.34. The van der Waals surface area contributed by atoms with Gasteiger partial charge in [-0.25, -0.2) is 0 Å². The lowest BCUT2D eigenvalue weighted by Gasteiger charge is -2.33. The third kappa shape index (κ3) is 2.95.